The summed E-state index contributed by atoms with van der Waals surface area (Å²) in [6, 6.07) is 4.28. The standard InChI is InChI=1S/C15H19FO3/c1-10-8-11(6-7-14(10)16)15(17)19-13-5-3-4-12(9-13)18-2/h6-8,12-13H,3-5,9H2,1-2H3. The lowest BCUT2D eigenvalue weighted by Crippen LogP contribution is -2.29. The second-order valence-electron chi connectivity index (χ2n) is 5.02. The van der Waals surface area contributed by atoms with E-state index in [0.717, 1.165) is 25.7 Å². The fourth-order valence-electron chi connectivity index (χ4n) is 2.41. The van der Waals surface area contributed by atoms with Gasteiger partial charge in [0.25, 0.3) is 0 Å². The Morgan fingerprint density at radius 2 is 2.05 bits per heavy atom. The average Bonchev–Trinajstić information content (AvgIpc) is 2.42. The van der Waals surface area contributed by atoms with Crippen molar-refractivity contribution in [2.45, 2.75) is 44.8 Å². The monoisotopic (exact) mass is 266 g/mol. The highest BCUT2D eigenvalue weighted by Crippen LogP contribution is 2.24. The molecule has 1 aliphatic carbocycles. The molecule has 104 valence electrons. The molecule has 0 spiro atoms. The largest absolute Gasteiger partial charge is 0.459 e. The molecule has 3 nitrogen and oxygen atoms in total. The minimum Gasteiger partial charge on any atom is -0.459 e. The molecule has 1 aliphatic rings. The summed E-state index contributed by atoms with van der Waals surface area (Å²) in [6.07, 6.45) is 3.69. The minimum atomic E-state index is -0.384. The molecule has 19 heavy (non-hydrogen) atoms. The van der Waals surface area contributed by atoms with Crippen LogP contribution >= 0.6 is 0 Å². The Morgan fingerprint density at radius 1 is 1.32 bits per heavy atom. The lowest BCUT2D eigenvalue weighted by atomic mass is 9.95. The molecule has 0 aliphatic heterocycles. The first-order chi connectivity index (χ1) is 9.10. The maximum Gasteiger partial charge on any atom is 0.338 e. The maximum atomic E-state index is 13.1. The molecule has 2 rings (SSSR count). The Balaban J connectivity index is 1.98. The van der Waals surface area contributed by atoms with Crippen molar-refractivity contribution >= 4 is 5.97 Å². The van der Waals surface area contributed by atoms with Crippen molar-refractivity contribution in [3.63, 3.8) is 0 Å². The highest BCUT2D eigenvalue weighted by atomic mass is 19.1. The lowest BCUT2D eigenvalue weighted by Gasteiger charge is -2.27. The number of hydrogen-bond donors (Lipinski definition) is 0. The van der Waals surface area contributed by atoms with Crippen LogP contribution in [0.5, 0.6) is 0 Å². The number of carbonyl (C=O) groups excluding carboxylic acids is 1. The van der Waals surface area contributed by atoms with Crippen molar-refractivity contribution in [2.75, 3.05) is 7.11 Å². The zero-order valence-corrected chi connectivity index (χ0v) is 11.3. The van der Waals surface area contributed by atoms with E-state index in [1.165, 1.54) is 18.2 Å². The van der Waals surface area contributed by atoms with E-state index < -0.39 is 0 Å². The zero-order chi connectivity index (χ0) is 13.8. The predicted octanol–water partition coefficient (Wildman–Crippen LogP) is 3.25. The highest BCUT2D eigenvalue weighted by Gasteiger charge is 2.25. The van der Waals surface area contributed by atoms with Crippen LogP contribution in [0.1, 0.15) is 41.6 Å². The van der Waals surface area contributed by atoms with Crippen LogP contribution in [-0.4, -0.2) is 25.3 Å². The van der Waals surface area contributed by atoms with Crippen LogP contribution in [-0.2, 0) is 9.47 Å². The molecule has 1 aromatic carbocycles. The summed E-state index contributed by atoms with van der Waals surface area (Å²) in [5.41, 5.74) is 0.853. The SMILES string of the molecule is COC1CCCC(OC(=O)c2ccc(F)c(C)c2)C1. The van der Waals surface area contributed by atoms with Gasteiger partial charge in [0.15, 0.2) is 0 Å². The Kier molecular flexibility index (Phi) is 4.53. The van der Waals surface area contributed by atoms with Crippen molar-refractivity contribution in [3.05, 3.63) is 35.1 Å². The summed E-state index contributed by atoms with van der Waals surface area (Å²) < 4.78 is 23.9. The van der Waals surface area contributed by atoms with Gasteiger partial charge in [-0.05, 0) is 49.9 Å². The van der Waals surface area contributed by atoms with Gasteiger partial charge in [-0.1, -0.05) is 0 Å². The van der Waals surface area contributed by atoms with Gasteiger partial charge in [-0.2, -0.15) is 0 Å². The van der Waals surface area contributed by atoms with Crippen LogP contribution in [0.4, 0.5) is 4.39 Å². The maximum absolute atomic E-state index is 13.1. The number of carbonyl (C=O) groups is 1. The van der Waals surface area contributed by atoms with Crippen LogP contribution in [0.25, 0.3) is 0 Å². The summed E-state index contributed by atoms with van der Waals surface area (Å²) in [7, 11) is 1.68. The second kappa shape index (κ2) is 6.15. The molecule has 0 N–H and O–H groups in total. The van der Waals surface area contributed by atoms with E-state index in [1.807, 2.05) is 0 Å². The van der Waals surface area contributed by atoms with Crippen LogP contribution < -0.4 is 0 Å². The normalized spacial score (nSPS) is 23.1. The summed E-state index contributed by atoms with van der Waals surface area (Å²) in [4.78, 5) is 12.0. The summed E-state index contributed by atoms with van der Waals surface area (Å²) in [5.74, 6) is -0.696. The van der Waals surface area contributed by atoms with Gasteiger partial charge in [0.1, 0.15) is 11.9 Å². The van der Waals surface area contributed by atoms with Crippen LogP contribution in [0, 0.1) is 12.7 Å². The van der Waals surface area contributed by atoms with E-state index in [1.54, 1.807) is 14.0 Å². The van der Waals surface area contributed by atoms with Crippen molar-refractivity contribution in [1.82, 2.24) is 0 Å². The van der Waals surface area contributed by atoms with Gasteiger partial charge in [-0.3, -0.25) is 0 Å². The fourth-order valence-corrected chi connectivity index (χ4v) is 2.41. The van der Waals surface area contributed by atoms with Gasteiger partial charge >= 0.3 is 5.97 Å². The Morgan fingerprint density at radius 3 is 2.74 bits per heavy atom. The lowest BCUT2D eigenvalue weighted by molar-refractivity contribution is -0.0149. The molecule has 1 fully saturated rings. The van der Waals surface area contributed by atoms with E-state index in [4.69, 9.17) is 9.47 Å². The number of methoxy groups -OCH3 is 1. The van der Waals surface area contributed by atoms with E-state index in [9.17, 15) is 9.18 Å². The highest BCUT2D eigenvalue weighted by molar-refractivity contribution is 5.89. The van der Waals surface area contributed by atoms with Gasteiger partial charge in [-0.15, -0.1) is 0 Å². The molecule has 1 aromatic rings. The van der Waals surface area contributed by atoms with Gasteiger partial charge < -0.3 is 9.47 Å². The molecular weight excluding hydrogens is 247 g/mol. The van der Waals surface area contributed by atoms with E-state index in [0.29, 0.717) is 11.1 Å². The number of halogens is 1. The molecule has 2 unspecified atom stereocenters. The average molecular weight is 266 g/mol. The molecule has 0 bridgehead atoms. The van der Waals surface area contributed by atoms with Gasteiger partial charge in [0, 0.05) is 13.5 Å². The molecule has 0 heterocycles. The number of rotatable bonds is 3. The first kappa shape index (κ1) is 14.0. The molecule has 2 atom stereocenters. The topological polar surface area (TPSA) is 35.5 Å². The molecular formula is C15H19FO3. The number of aryl methyl sites for hydroxylation is 1. The third kappa shape index (κ3) is 3.53. The van der Waals surface area contributed by atoms with Crippen molar-refractivity contribution in [2.24, 2.45) is 0 Å². The van der Waals surface area contributed by atoms with Gasteiger partial charge in [0.2, 0.25) is 0 Å². The van der Waals surface area contributed by atoms with E-state index >= 15 is 0 Å². The molecule has 0 aromatic heterocycles. The minimum absolute atomic E-state index is 0.100. The molecule has 0 saturated heterocycles. The first-order valence-corrected chi connectivity index (χ1v) is 6.60. The van der Waals surface area contributed by atoms with E-state index in [2.05, 4.69) is 0 Å². The number of hydrogen-bond acceptors (Lipinski definition) is 3. The first-order valence-electron chi connectivity index (χ1n) is 6.60. The quantitative estimate of drug-likeness (QED) is 0.788. The number of ether oxygens (including phenoxy) is 2. The number of benzene rings is 1. The van der Waals surface area contributed by atoms with Crippen molar-refractivity contribution in [1.29, 1.82) is 0 Å². The Bertz CT molecular complexity index is 459. The number of esters is 1. The van der Waals surface area contributed by atoms with Crippen LogP contribution in [0.15, 0.2) is 18.2 Å². The Hall–Kier alpha value is -1.42. The third-order valence-corrected chi connectivity index (χ3v) is 3.58. The zero-order valence-electron chi connectivity index (χ0n) is 11.3. The fraction of sp³-hybridized carbons (Fsp3) is 0.533. The van der Waals surface area contributed by atoms with Crippen LogP contribution in [0.2, 0.25) is 0 Å². The molecule has 4 heteroatoms. The molecule has 0 amide bonds. The molecule has 0 radical (unpaired) electrons. The van der Waals surface area contributed by atoms with Crippen molar-refractivity contribution in [3.8, 4) is 0 Å². The summed E-state index contributed by atoms with van der Waals surface area (Å²) >= 11 is 0. The van der Waals surface area contributed by atoms with E-state index in [-0.39, 0.29) is 24.0 Å². The van der Waals surface area contributed by atoms with Crippen molar-refractivity contribution < 1.29 is 18.7 Å². The predicted molar refractivity (Wildman–Crippen MR) is 69.6 cm³/mol. The summed E-state index contributed by atoms with van der Waals surface area (Å²) in [6.45, 7) is 1.63. The third-order valence-electron chi connectivity index (χ3n) is 3.58. The van der Waals surface area contributed by atoms with Crippen LogP contribution in [0.3, 0.4) is 0 Å². The molecule has 1 saturated carbocycles. The van der Waals surface area contributed by atoms with Gasteiger partial charge in [0.05, 0.1) is 11.7 Å². The smallest absolute Gasteiger partial charge is 0.338 e. The summed E-state index contributed by atoms with van der Waals surface area (Å²) in [5, 5.41) is 0. The Labute approximate surface area is 112 Å². The van der Waals surface area contributed by atoms with Gasteiger partial charge in [-0.25, -0.2) is 9.18 Å². The second-order valence-corrected chi connectivity index (χ2v) is 5.02.